The average molecular weight is 473 g/mol. The Hall–Kier alpha value is -3.80. The molecule has 0 fully saturated rings. The van der Waals surface area contributed by atoms with Gasteiger partial charge < -0.3 is 20.8 Å². The van der Waals surface area contributed by atoms with E-state index in [1.54, 1.807) is 30.3 Å². The normalized spacial score (nSPS) is 11.4. The molecule has 4 N–H and O–H groups in total. The topological polar surface area (TPSA) is 115 Å². The maximum atomic E-state index is 13.1. The highest BCUT2D eigenvalue weighted by Gasteiger charge is 2.33. The first-order valence-electron chi connectivity index (χ1n) is 9.56. The Morgan fingerprint density at radius 2 is 1.82 bits per heavy atom. The highest BCUT2D eigenvalue weighted by atomic mass is 32.2. The first kappa shape index (κ1) is 22.4. The number of aromatic nitrogens is 5. The SMILES string of the molecule is CSc1nc(N)cc(Oc2ccc(-c3nnc(Nc4cccc(C(F)(F)F)c4C)[nH]3)cc2)n1. The van der Waals surface area contributed by atoms with Gasteiger partial charge in [0.2, 0.25) is 11.8 Å². The number of anilines is 3. The first-order valence-corrected chi connectivity index (χ1v) is 10.8. The van der Waals surface area contributed by atoms with E-state index in [4.69, 9.17) is 10.5 Å². The molecule has 0 aliphatic rings. The van der Waals surface area contributed by atoms with Crippen molar-refractivity contribution in [2.75, 3.05) is 17.3 Å². The summed E-state index contributed by atoms with van der Waals surface area (Å²) >= 11 is 1.35. The molecule has 0 spiro atoms. The van der Waals surface area contributed by atoms with E-state index >= 15 is 0 Å². The summed E-state index contributed by atoms with van der Waals surface area (Å²) in [6, 6.07) is 12.4. The Morgan fingerprint density at radius 1 is 1.06 bits per heavy atom. The molecule has 0 aliphatic heterocycles. The Bertz CT molecular complexity index is 1280. The van der Waals surface area contributed by atoms with Crippen LogP contribution in [0.25, 0.3) is 11.4 Å². The van der Waals surface area contributed by atoms with Crippen LogP contribution in [-0.2, 0) is 6.18 Å². The molecule has 0 atom stereocenters. The molecular formula is C21H18F3N7OS. The first-order chi connectivity index (χ1) is 15.7. The van der Waals surface area contributed by atoms with Crippen molar-refractivity contribution in [3.63, 3.8) is 0 Å². The summed E-state index contributed by atoms with van der Waals surface area (Å²) in [7, 11) is 0. The molecule has 0 unspecified atom stereocenters. The maximum absolute atomic E-state index is 13.1. The van der Waals surface area contributed by atoms with Crippen molar-refractivity contribution in [1.29, 1.82) is 0 Å². The predicted molar refractivity (Wildman–Crippen MR) is 120 cm³/mol. The number of alkyl halides is 3. The summed E-state index contributed by atoms with van der Waals surface area (Å²) < 4.78 is 45.1. The van der Waals surface area contributed by atoms with Crippen molar-refractivity contribution in [3.05, 3.63) is 59.7 Å². The molecule has 4 rings (SSSR count). The summed E-state index contributed by atoms with van der Waals surface area (Å²) in [4.78, 5) is 11.3. The molecule has 0 bridgehead atoms. The zero-order valence-electron chi connectivity index (χ0n) is 17.4. The van der Waals surface area contributed by atoms with Crippen LogP contribution in [0.2, 0.25) is 0 Å². The minimum absolute atomic E-state index is 0.0689. The number of nitrogens with zero attached hydrogens (tertiary/aromatic N) is 4. The van der Waals surface area contributed by atoms with Gasteiger partial charge in [0, 0.05) is 17.3 Å². The fourth-order valence-corrected chi connectivity index (χ4v) is 3.40. The third kappa shape index (κ3) is 5.17. The number of thioether (sulfide) groups is 1. The van der Waals surface area contributed by atoms with Crippen molar-refractivity contribution in [1.82, 2.24) is 25.1 Å². The number of hydrogen-bond acceptors (Lipinski definition) is 8. The number of nitrogens with one attached hydrogen (secondary N) is 2. The lowest BCUT2D eigenvalue weighted by Gasteiger charge is -2.13. The van der Waals surface area contributed by atoms with Crippen LogP contribution < -0.4 is 15.8 Å². The monoisotopic (exact) mass is 473 g/mol. The molecule has 33 heavy (non-hydrogen) atoms. The quantitative estimate of drug-likeness (QED) is 0.251. The summed E-state index contributed by atoms with van der Waals surface area (Å²) in [5.41, 5.74) is 6.11. The van der Waals surface area contributed by atoms with Crippen LogP contribution in [0.15, 0.2) is 53.7 Å². The molecule has 2 aromatic carbocycles. The molecule has 0 radical (unpaired) electrons. The lowest BCUT2D eigenvalue weighted by molar-refractivity contribution is -0.138. The predicted octanol–water partition coefficient (Wildman–Crippen LogP) is 5.43. The summed E-state index contributed by atoms with van der Waals surface area (Å²) in [5.74, 6) is 1.81. The van der Waals surface area contributed by atoms with E-state index in [1.807, 2.05) is 6.26 Å². The largest absolute Gasteiger partial charge is 0.439 e. The number of hydrogen-bond donors (Lipinski definition) is 3. The van der Waals surface area contributed by atoms with E-state index < -0.39 is 11.7 Å². The van der Waals surface area contributed by atoms with Crippen molar-refractivity contribution < 1.29 is 17.9 Å². The van der Waals surface area contributed by atoms with Crippen LogP contribution in [0.4, 0.5) is 30.6 Å². The van der Waals surface area contributed by atoms with Crippen LogP contribution in [0.5, 0.6) is 11.6 Å². The highest BCUT2D eigenvalue weighted by molar-refractivity contribution is 7.98. The molecule has 2 aromatic heterocycles. The molecule has 0 saturated heterocycles. The molecule has 4 aromatic rings. The van der Waals surface area contributed by atoms with Crippen molar-refractivity contribution in [3.8, 4) is 23.0 Å². The number of aromatic amines is 1. The Balaban J connectivity index is 1.49. The molecule has 12 heteroatoms. The van der Waals surface area contributed by atoms with Crippen molar-refractivity contribution in [2.45, 2.75) is 18.3 Å². The smallest absolute Gasteiger partial charge is 0.416 e. The van der Waals surface area contributed by atoms with Crippen LogP contribution in [0.1, 0.15) is 11.1 Å². The van der Waals surface area contributed by atoms with Crippen LogP contribution in [0, 0.1) is 6.92 Å². The van der Waals surface area contributed by atoms with Gasteiger partial charge in [-0.3, -0.25) is 0 Å². The van der Waals surface area contributed by atoms with E-state index in [-0.39, 0.29) is 17.2 Å². The third-order valence-corrected chi connectivity index (χ3v) is 5.16. The fraction of sp³-hybridized carbons (Fsp3) is 0.143. The average Bonchev–Trinajstić information content (AvgIpc) is 3.23. The summed E-state index contributed by atoms with van der Waals surface area (Å²) in [6.45, 7) is 1.40. The zero-order chi connectivity index (χ0) is 23.6. The summed E-state index contributed by atoms with van der Waals surface area (Å²) in [6.07, 6.45) is -2.60. The van der Waals surface area contributed by atoms with E-state index in [2.05, 4.69) is 30.5 Å². The Morgan fingerprint density at radius 3 is 2.52 bits per heavy atom. The molecule has 8 nitrogen and oxygen atoms in total. The standard InChI is InChI=1S/C21H18F3N7OS/c1-11-14(21(22,23)24)4-3-5-15(11)26-19-29-18(30-31-19)12-6-8-13(9-7-12)32-17-10-16(25)27-20(28-17)33-2/h3-10H,1-2H3,(H2,25,27,28)(H2,26,29,30,31). The number of ether oxygens (including phenoxy) is 1. The Kier molecular flexibility index (Phi) is 6.09. The van der Waals surface area contributed by atoms with Gasteiger partial charge in [-0.2, -0.15) is 18.2 Å². The van der Waals surface area contributed by atoms with E-state index in [1.165, 1.54) is 30.8 Å². The zero-order valence-corrected chi connectivity index (χ0v) is 18.3. The second-order valence-corrected chi connectivity index (χ2v) is 7.64. The van der Waals surface area contributed by atoms with Gasteiger partial charge in [0.15, 0.2) is 11.0 Å². The van der Waals surface area contributed by atoms with Gasteiger partial charge in [0.05, 0.1) is 5.56 Å². The lowest BCUT2D eigenvalue weighted by Crippen LogP contribution is -2.09. The second kappa shape index (κ2) is 8.98. The Labute approximate surface area is 190 Å². The number of nitrogen functional groups attached to an aromatic ring is 1. The number of H-pyrrole nitrogens is 1. The fourth-order valence-electron chi connectivity index (χ4n) is 3.02. The van der Waals surface area contributed by atoms with Crippen LogP contribution in [0.3, 0.4) is 0 Å². The van der Waals surface area contributed by atoms with Gasteiger partial charge >= 0.3 is 6.18 Å². The van der Waals surface area contributed by atoms with Crippen LogP contribution >= 0.6 is 11.8 Å². The molecule has 2 heterocycles. The van der Waals surface area contributed by atoms with E-state index in [0.29, 0.717) is 34.0 Å². The van der Waals surface area contributed by atoms with Gasteiger partial charge in [0.1, 0.15) is 11.6 Å². The van der Waals surface area contributed by atoms with Gasteiger partial charge in [-0.1, -0.05) is 17.8 Å². The van der Waals surface area contributed by atoms with Crippen LogP contribution in [-0.4, -0.2) is 31.4 Å². The number of halogens is 3. The summed E-state index contributed by atoms with van der Waals surface area (Å²) in [5, 5.41) is 11.4. The third-order valence-electron chi connectivity index (χ3n) is 4.61. The van der Waals surface area contributed by atoms with Crippen molar-refractivity contribution in [2.24, 2.45) is 0 Å². The molecule has 0 aliphatic carbocycles. The number of rotatable bonds is 6. The lowest BCUT2D eigenvalue weighted by atomic mass is 10.1. The molecule has 0 saturated carbocycles. The highest BCUT2D eigenvalue weighted by Crippen LogP contribution is 2.35. The minimum Gasteiger partial charge on any atom is -0.439 e. The number of benzene rings is 2. The maximum Gasteiger partial charge on any atom is 0.416 e. The minimum atomic E-state index is -4.44. The van der Waals surface area contributed by atoms with E-state index in [0.717, 1.165) is 6.07 Å². The number of nitrogens with two attached hydrogens (primary N) is 1. The van der Waals surface area contributed by atoms with Crippen molar-refractivity contribution >= 4 is 29.2 Å². The second-order valence-electron chi connectivity index (χ2n) is 6.87. The van der Waals surface area contributed by atoms with Gasteiger partial charge in [-0.15, -0.1) is 10.2 Å². The molecule has 170 valence electrons. The van der Waals surface area contributed by atoms with Gasteiger partial charge in [-0.25, -0.2) is 4.98 Å². The van der Waals surface area contributed by atoms with Gasteiger partial charge in [-0.05, 0) is 55.1 Å². The van der Waals surface area contributed by atoms with E-state index in [9.17, 15) is 13.2 Å². The molecule has 0 amide bonds. The van der Waals surface area contributed by atoms with Gasteiger partial charge in [0.25, 0.3) is 0 Å². The molecular weight excluding hydrogens is 455 g/mol.